The van der Waals surface area contributed by atoms with Crippen LogP contribution in [-0.2, 0) is 4.79 Å². The summed E-state index contributed by atoms with van der Waals surface area (Å²) in [7, 11) is 0. The number of aromatic nitrogens is 3. The van der Waals surface area contributed by atoms with E-state index in [1.54, 1.807) is 12.3 Å². The molecular formula is C18H19ClN4OS. The van der Waals surface area contributed by atoms with Crippen LogP contribution >= 0.6 is 23.4 Å². The molecule has 3 aromatic rings. The Kier molecular flexibility index (Phi) is 5.60. The number of nitrogens with one attached hydrogen (secondary N) is 2. The molecule has 0 spiro atoms. The first kappa shape index (κ1) is 17.8. The molecule has 3 rings (SSSR count). The van der Waals surface area contributed by atoms with E-state index in [1.807, 2.05) is 12.1 Å². The summed E-state index contributed by atoms with van der Waals surface area (Å²) in [5, 5.41) is 4.09. The number of amides is 1. The molecule has 1 amide bonds. The van der Waals surface area contributed by atoms with Gasteiger partial charge in [-0.1, -0.05) is 49.3 Å². The molecule has 2 N–H and O–H groups in total. The number of rotatable bonds is 6. The predicted molar refractivity (Wildman–Crippen MR) is 103 cm³/mol. The Labute approximate surface area is 155 Å². The number of anilines is 1. The van der Waals surface area contributed by atoms with Gasteiger partial charge in [0.2, 0.25) is 5.91 Å². The number of pyridine rings is 1. The van der Waals surface area contributed by atoms with Crippen molar-refractivity contribution in [1.82, 2.24) is 15.0 Å². The monoisotopic (exact) mass is 374 g/mol. The fourth-order valence-corrected chi connectivity index (χ4v) is 3.21. The van der Waals surface area contributed by atoms with Crippen LogP contribution in [0.25, 0.3) is 11.2 Å². The van der Waals surface area contributed by atoms with Gasteiger partial charge in [0, 0.05) is 11.9 Å². The fraction of sp³-hybridized carbons (Fsp3) is 0.278. The fourth-order valence-electron chi connectivity index (χ4n) is 2.38. The van der Waals surface area contributed by atoms with Gasteiger partial charge in [-0.3, -0.25) is 4.79 Å². The summed E-state index contributed by atoms with van der Waals surface area (Å²) < 4.78 is 0. The van der Waals surface area contributed by atoms with Crippen molar-refractivity contribution in [2.24, 2.45) is 0 Å². The molecule has 1 aromatic carbocycles. The lowest BCUT2D eigenvalue weighted by atomic mass is 9.99. The van der Waals surface area contributed by atoms with Crippen LogP contribution in [0.15, 0.2) is 41.7 Å². The van der Waals surface area contributed by atoms with Gasteiger partial charge in [-0.2, -0.15) is 0 Å². The number of aromatic amines is 1. The number of thioether (sulfide) groups is 1. The summed E-state index contributed by atoms with van der Waals surface area (Å²) in [5.41, 5.74) is 3.43. The molecule has 0 radical (unpaired) electrons. The number of benzene rings is 1. The predicted octanol–water partition coefficient (Wildman–Crippen LogP) is 4.86. The summed E-state index contributed by atoms with van der Waals surface area (Å²) in [6, 6.07) is 9.77. The maximum atomic E-state index is 12.1. The van der Waals surface area contributed by atoms with Crippen molar-refractivity contribution >= 4 is 46.1 Å². The molecule has 0 bridgehead atoms. The van der Waals surface area contributed by atoms with E-state index in [0.29, 0.717) is 21.7 Å². The van der Waals surface area contributed by atoms with Crippen molar-refractivity contribution in [3.8, 4) is 0 Å². The topological polar surface area (TPSA) is 70.7 Å². The smallest absolute Gasteiger partial charge is 0.234 e. The van der Waals surface area contributed by atoms with Crippen LogP contribution in [0.4, 0.5) is 5.69 Å². The SMILES string of the molecule is CCC(C)c1ccc(NC(=O)CSc2nc3ncc(Cl)cc3[nH]2)cc1. The molecule has 1 atom stereocenters. The van der Waals surface area contributed by atoms with Crippen LogP contribution in [0.3, 0.4) is 0 Å². The number of fused-ring (bicyclic) bond motifs is 1. The number of carbonyl (C=O) groups excluding carboxylic acids is 1. The van der Waals surface area contributed by atoms with Crippen molar-refractivity contribution in [2.45, 2.75) is 31.3 Å². The summed E-state index contributed by atoms with van der Waals surface area (Å²) in [5.74, 6) is 0.712. The second kappa shape index (κ2) is 7.89. The molecule has 25 heavy (non-hydrogen) atoms. The van der Waals surface area contributed by atoms with Gasteiger partial charge in [-0.25, -0.2) is 9.97 Å². The number of nitrogens with zero attached hydrogens (tertiary/aromatic N) is 2. The lowest BCUT2D eigenvalue weighted by Crippen LogP contribution is -2.14. The van der Waals surface area contributed by atoms with E-state index >= 15 is 0 Å². The number of imidazole rings is 1. The van der Waals surface area contributed by atoms with Gasteiger partial charge in [0.25, 0.3) is 0 Å². The third-order valence-corrected chi connectivity index (χ3v) is 5.08. The molecule has 1 unspecified atom stereocenters. The summed E-state index contributed by atoms with van der Waals surface area (Å²) >= 11 is 7.23. The van der Waals surface area contributed by atoms with Crippen LogP contribution in [-0.4, -0.2) is 26.6 Å². The number of hydrogen-bond donors (Lipinski definition) is 2. The number of H-pyrrole nitrogens is 1. The van der Waals surface area contributed by atoms with Crippen LogP contribution in [0.5, 0.6) is 0 Å². The Hall–Kier alpha value is -2.05. The highest BCUT2D eigenvalue weighted by Crippen LogP contribution is 2.22. The third kappa shape index (κ3) is 4.52. The minimum absolute atomic E-state index is 0.0762. The summed E-state index contributed by atoms with van der Waals surface area (Å²) in [6.45, 7) is 4.36. The molecule has 0 aliphatic rings. The van der Waals surface area contributed by atoms with E-state index < -0.39 is 0 Å². The van der Waals surface area contributed by atoms with E-state index in [0.717, 1.165) is 17.6 Å². The number of halogens is 1. The molecule has 2 aromatic heterocycles. The van der Waals surface area contributed by atoms with Crippen molar-refractivity contribution in [2.75, 3.05) is 11.1 Å². The second-order valence-electron chi connectivity index (χ2n) is 5.83. The van der Waals surface area contributed by atoms with Gasteiger partial charge in [0.1, 0.15) is 0 Å². The molecule has 5 nitrogen and oxygen atoms in total. The highest BCUT2D eigenvalue weighted by molar-refractivity contribution is 7.99. The van der Waals surface area contributed by atoms with E-state index in [9.17, 15) is 4.79 Å². The zero-order chi connectivity index (χ0) is 17.8. The van der Waals surface area contributed by atoms with E-state index in [-0.39, 0.29) is 11.7 Å². The van der Waals surface area contributed by atoms with Crippen molar-refractivity contribution in [3.05, 3.63) is 47.1 Å². The molecule has 0 fully saturated rings. The molecule has 0 aliphatic heterocycles. The first-order valence-electron chi connectivity index (χ1n) is 8.09. The van der Waals surface area contributed by atoms with Crippen LogP contribution in [0.1, 0.15) is 31.7 Å². The largest absolute Gasteiger partial charge is 0.331 e. The highest BCUT2D eigenvalue weighted by Gasteiger charge is 2.09. The molecule has 130 valence electrons. The maximum Gasteiger partial charge on any atom is 0.234 e. The normalized spacial score (nSPS) is 12.3. The first-order valence-corrected chi connectivity index (χ1v) is 9.45. The van der Waals surface area contributed by atoms with E-state index in [1.165, 1.54) is 17.3 Å². The lowest BCUT2D eigenvalue weighted by molar-refractivity contribution is -0.113. The summed E-state index contributed by atoms with van der Waals surface area (Å²) in [4.78, 5) is 23.7. The molecule has 0 saturated carbocycles. The van der Waals surface area contributed by atoms with Gasteiger partial charge in [0.05, 0.1) is 16.3 Å². The van der Waals surface area contributed by atoms with Crippen LogP contribution < -0.4 is 5.32 Å². The highest BCUT2D eigenvalue weighted by atomic mass is 35.5. The first-order chi connectivity index (χ1) is 12.0. The molecular weight excluding hydrogens is 356 g/mol. The number of carbonyl (C=O) groups is 1. The van der Waals surface area contributed by atoms with Gasteiger partial charge in [0.15, 0.2) is 10.8 Å². The molecule has 2 heterocycles. The van der Waals surface area contributed by atoms with E-state index in [4.69, 9.17) is 11.6 Å². The Morgan fingerprint density at radius 3 is 2.84 bits per heavy atom. The number of hydrogen-bond acceptors (Lipinski definition) is 4. The quantitative estimate of drug-likeness (QED) is 0.604. The molecule has 0 aliphatic carbocycles. The Morgan fingerprint density at radius 1 is 1.36 bits per heavy atom. The minimum atomic E-state index is -0.0762. The Balaban J connectivity index is 1.56. The Bertz CT molecular complexity index is 878. The zero-order valence-corrected chi connectivity index (χ0v) is 15.6. The van der Waals surface area contributed by atoms with Gasteiger partial charge >= 0.3 is 0 Å². The zero-order valence-electron chi connectivity index (χ0n) is 14.0. The average Bonchev–Trinajstić information content (AvgIpc) is 3.02. The van der Waals surface area contributed by atoms with Crippen molar-refractivity contribution in [1.29, 1.82) is 0 Å². The van der Waals surface area contributed by atoms with Crippen molar-refractivity contribution in [3.63, 3.8) is 0 Å². The third-order valence-electron chi connectivity index (χ3n) is 4.00. The second-order valence-corrected chi connectivity index (χ2v) is 7.24. The Morgan fingerprint density at radius 2 is 2.12 bits per heavy atom. The van der Waals surface area contributed by atoms with Crippen molar-refractivity contribution < 1.29 is 4.79 Å². The average molecular weight is 375 g/mol. The van der Waals surface area contributed by atoms with Gasteiger partial charge in [-0.05, 0) is 36.1 Å². The lowest BCUT2D eigenvalue weighted by Gasteiger charge is -2.10. The molecule has 0 saturated heterocycles. The minimum Gasteiger partial charge on any atom is -0.331 e. The van der Waals surface area contributed by atoms with Crippen LogP contribution in [0, 0.1) is 0 Å². The van der Waals surface area contributed by atoms with Crippen LogP contribution in [0.2, 0.25) is 5.02 Å². The maximum absolute atomic E-state index is 12.1. The van der Waals surface area contributed by atoms with Gasteiger partial charge < -0.3 is 10.3 Å². The van der Waals surface area contributed by atoms with E-state index in [2.05, 4.69) is 46.2 Å². The summed E-state index contributed by atoms with van der Waals surface area (Å²) in [6.07, 6.45) is 2.65. The van der Waals surface area contributed by atoms with Gasteiger partial charge in [-0.15, -0.1) is 0 Å². The standard InChI is InChI=1S/C18H19ClN4OS/c1-3-11(2)12-4-6-14(7-5-12)21-16(24)10-25-18-22-15-8-13(19)9-20-17(15)23-18/h4-9,11H,3,10H2,1-2H3,(H,21,24)(H,20,22,23). The molecule has 7 heteroatoms.